The molecule has 0 bridgehead atoms. The summed E-state index contributed by atoms with van der Waals surface area (Å²) in [6.07, 6.45) is 1.51. The summed E-state index contributed by atoms with van der Waals surface area (Å²) in [5, 5.41) is 5.66. The predicted octanol–water partition coefficient (Wildman–Crippen LogP) is 4.24. The van der Waals surface area contributed by atoms with Crippen LogP contribution in [0.25, 0.3) is 0 Å². The van der Waals surface area contributed by atoms with E-state index in [2.05, 4.69) is 15.6 Å². The van der Waals surface area contributed by atoms with Crippen LogP contribution in [0.15, 0.2) is 72.9 Å². The molecule has 0 aliphatic rings. The molecule has 6 heteroatoms. The van der Waals surface area contributed by atoms with E-state index in [-0.39, 0.29) is 16.6 Å². The average Bonchev–Trinajstić information content (AvgIpc) is 2.64. The van der Waals surface area contributed by atoms with Crippen molar-refractivity contribution in [2.24, 2.45) is 0 Å². The number of amides is 2. The lowest BCUT2D eigenvalue weighted by atomic mass is 10.2. The van der Waals surface area contributed by atoms with Crippen LogP contribution in [0.2, 0.25) is 5.15 Å². The van der Waals surface area contributed by atoms with E-state index in [0.29, 0.717) is 16.9 Å². The third-order valence-electron chi connectivity index (χ3n) is 3.46. The van der Waals surface area contributed by atoms with Crippen LogP contribution in [0.3, 0.4) is 0 Å². The second-order valence-corrected chi connectivity index (χ2v) is 5.52. The lowest BCUT2D eigenvalue weighted by Crippen LogP contribution is -2.17. The molecule has 25 heavy (non-hydrogen) atoms. The van der Waals surface area contributed by atoms with Gasteiger partial charge in [-0.25, -0.2) is 4.98 Å². The first-order valence-electron chi connectivity index (χ1n) is 7.52. The quantitative estimate of drug-likeness (QED) is 0.690. The first-order chi connectivity index (χ1) is 12.1. The van der Waals surface area contributed by atoms with Gasteiger partial charge < -0.3 is 10.6 Å². The highest BCUT2D eigenvalue weighted by Gasteiger charge is 2.14. The van der Waals surface area contributed by atoms with Crippen LogP contribution in [0.5, 0.6) is 0 Å². The van der Waals surface area contributed by atoms with E-state index in [1.807, 2.05) is 6.07 Å². The normalized spacial score (nSPS) is 10.1. The van der Waals surface area contributed by atoms with Gasteiger partial charge in [-0.15, -0.1) is 0 Å². The molecule has 1 aromatic heterocycles. The Bertz CT molecular complexity index is 913. The number of carbonyl (C=O) groups is 2. The number of hydrogen-bond donors (Lipinski definition) is 2. The summed E-state index contributed by atoms with van der Waals surface area (Å²) < 4.78 is 0. The highest BCUT2D eigenvalue weighted by atomic mass is 35.5. The van der Waals surface area contributed by atoms with Crippen molar-refractivity contribution in [1.82, 2.24) is 4.98 Å². The zero-order chi connectivity index (χ0) is 17.6. The molecule has 0 spiro atoms. The summed E-state index contributed by atoms with van der Waals surface area (Å²) in [4.78, 5) is 28.6. The number of halogens is 1. The fraction of sp³-hybridized carbons (Fsp3) is 0. The molecule has 0 fully saturated rings. The number of benzene rings is 2. The first-order valence-corrected chi connectivity index (χ1v) is 7.90. The Morgan fingerprint density at radius 3 is 2.00 bits per heavy atom. The predicted molar refractivity (Wildman–Crippen MR) is 98.0 cm³/mol. The van der Waals surface area contributed by atoms with E-state index in [1.165, 1.54) is 6.20 Å². The topological polar surface area (TPSA) is 71.1 Å². The van der Waals surface area contributed by atoms with Crippen molar-refractivity contribution in [3.05, 3.63) is 89.2 Å². The molecule has 0 saturated heterocycles. The Hall–Kier alpha value is -3.18. The molecule has 3 aromatic rings. The second kappa shape index (κ2) is 7.59. The number of pyridine rings is 1. The van der Waals surface area contributed by atoms with Gasteiger partial charge in [-0.2, -0.15) is 0 Å². The van der Waals surface area contributed by atoms with Gasteiger partial charge in [0.15, 0.2) is 0 Å². The number of rotatable bonds is 4. The number of nitrogens with zero attached hydrogens (tertiary/aromatic N) is 1. The van der Waals surface area contributed by atoms with Crippen molar-refractivity contribution in [3.63, 3.8) is 0 Å². The Kier molecular flexibility index (Phi) is 5.06. The van der Waals surface area contributed by atoms with Crippen LogP contribution in [0.4, 0.5) is 11.4 Å². The van der Waals surface area contributed by atoms with E-state index in [0.717, 1.165) is 0 Å². The maximum Gasteiger partial charge on any atom is 0.258 e. The van der Waals surface area contributed by atoms with Crippen molar-refractivity contribution in [2.75, 3.05) is 10.6 Å². The summed E-state index contributed by atoms with van der Waals surface area (Å²) in [6.45, 7) is 0. The van der Waals surface area contributed by atoms with Gasteiger partial charge in [0.25, 0.3) is 11.8 Å². The fourth-order valence-electron chi connectivity index (χ4n) is 2.23. The minimum Gasteiger partial charge on any atom is -0.320 e. The van der Waals surface area contributed by atoms with Crippen LogP contribution < -0.4 is 10.6 Å². The lowest BCUT2D eigenvalue weighted by Gasteiger charge is -2.12. The number of para-hydroxylation sites is 2. The molecule has 124 valence electrons. The molecule has 1 heterocycles. The third kappa shape index (κ3) is 4.02. The molecule has 2 aromatic carbocycles. The molecule has 0 unspecified atom stereocenters. The number of hydrogen-bond acceptors (Lipinski definition) is 3. The van der Waals surface area contributed by atoms with Crippen LogP contribution in [-0.2, 0) is 0 Å². The summed E-state index contributed by atoms with van der Waals surface area (Å²) >= 11 is 5.95. The maximum atomic E-state index is 12.4. The lowest BCUT2D eigenvalue weighted by molar-refractivity contribution is 0.101. The minimum absolute atomic E-state index is 0.116. The highest BCUT2D eigenvalue weighted by Crippen LogP contribution is 2.23. The number of carbonyl (C=O) groups excluding carboxylic acids is 2. The van der Waals surface area contributed by atoms with Crippen molar-refractivity contribution < 1.29 is 9.59 Å². The molecule has 3 rings (SSSR count). The van der Waals surface area contributed by atoms with E-state index < -0.39 is 5.91 Å². The van der Waals surface area contributed by atoms with Gasteiger partial charge in [0.1, 0.15) is 5.15 Å². The molecule has 2 amide bonds. The Morgan fingerprint density at radius 1 is 0.760 bits per heavy atom. The Morgan fingerprint density at radius 2 is 1.36 bits per heavy atom. The van der Waals surface area contributed by atoms with E-state index >= 15 is 0 Å². The van der Waals surface area contributed by atoms with Crippen molar-refractivity contribution >= 4 is 34.8 Å². The van der Waals surface area contributed by atoms with Crippen molar-refractivity contribution in [3.8, 4) is 0 Å². The Balaban J connectivity index is 1.81. The first kappa shape index (κ1) is 16.7. The average molecular weight is 352 g/mol. The zero-order valence-corrected chi connectivity index (χ0v) is 13.8. The fourth-order valence-corrected chi connectivity index (χ4v) is 2.44. The van der Waals surface area contributed by atoms with Gasteiger partial charge in [0.2, 0.25) is 0 Å². The minimum atomic E-state index is -0.403. The molecular formula is C19H14ClN3O2. The van der Waals surface area contributed by atoms with Gasteiger partial charge in [-0.1, -0.05) is 41.9 Å². The van der Waals surface area contributed by atoms with Crippen LogP contribution in [0.1, 0.15) is 20.7 Å². The number of aromatic nitrogens is 1. The van der Waals surface area contributed by atoms with Gasteiger partial charge in [0, 0.05) is 11.8 Å². The summed E-state index contributed by atoms with van der Waals surface area (Å²) in [5.74, 6) is -0.666. The molecule has 0 aliphatic heterocycles. The van der Waals surface area contributed by atoms with Gasteiger partial charge in [-0.3, -0.25) is 9.59 Å². The molecule has 5 nitrogen and oxygen atoms in total. The Labute approximate surface area is 149 Å². The second-order valence-electron chi connectivity index (χ2n) is 5.16. The van der Waals surface area contributed by atoms with Gasteiger partial charge >= 0.3 is 0 Å². The molecule has 0 radical (unpaired) electrons. The summed E-state index contributed by atoms with van der Waals surface area (Å²) in [7, 11) is 0. The van der Waals surface area contributed by atoms with Crippen LogP contribution in [-0.4, -0.2) is 16.8 Å². The van der Waals surface area contributed by atoms with Crippen LogP contribution >= 0.6 is 11.6 Å². The standard InChI is InChI=1S/C19H14ClN3O2/c20-17-14(9-6-12-21-17)19(25)23-16-11-5-4-10-15(16)22-18(24)13-7-2-1-3-8-13/h1-12H,(H,22,24)(H,23,25). The number of anilines is 2. The summed E-state index contributed by atoms with van der Waals surface area (Å²) in [5.41, 5.74) is 1.74. The molecule has 2 N–H and O–H groups in total. The maximum absolute atomic E-state index is 12.4. The molecule has 0 saturated carbocycles. The summed E-state index contributed by atoms with van der Waals surface area (Å²) in [6, 6.07) is 19.0. The third-order valence-corrected chi connectivity index (χ3v) is 3.76. The van der Waals surface area contributed by atoms with Crippen molar-refractivity contribution in [1.29, 1.82) is 0 Å². The van der Waals surface area contributed by atoms with E-state index in [1.54, 1.807) is 60.7 Å². The van der Waals surface area contributed by atoms with Gasteiger partial charge in [0.05, 0.1) is 16.9 Å². The van der Waals surface area contributed by atoms with E-state index in [9.17, 15) is 9.59 Å². The molecule has 0 atom stereocenters. The monoisotopic (exact) mass is 351 g/mol. The smallest absolute Gasteiger partial charge is 0.258 e. The highest BCUT2D eigenvalue weighted by molar-refractivity contribution is 6.33. The van der Waals surface area contributed by atoms with Gasteiger partial charge in [-0.05, 0) is 36.4 Å². The van der Waals surface area contributed by atoms with Crippen LogP contribution in [0, 0.1) is 0 Å². The van der Waals surface area contributed by atoms with E-state index in [4.69, 9.17) is 11.6 Å². The molecular weight excluding hydrogens is 338 g/mol. The van der Waals surface area contributed by atoms with Crippen molar-refractivity contribution in [2.45, 2.75) is 0 Å². The zero-order valence-electron chi connectivity index (χ0n) is 13.1. The largest absolute Gasteiger partial charge is 0.320 e. The number of nitrogens with one attached hydrogen (secondary N) is 2. The SMILES string of the molecule is O=C(Nc1ccccc1NC(=O)c1cccnc1Cl)c1ccccc1. The molecule has 0 aliphatic carbocycles.